The minimum absolute atomic E-state index is 0.0297. The molecule has 1 atom stereocenters. The normalized spacial score (nSPS) is 16.2. The molecule has 2 rings (SSSR count). The van der Waals surface area contributed by atoms with Gasteiger partial charge in [-0.15, -0.1) is 0 Å². The van der Waals surface area contributed by atoms with Crippen LogP contribution in [0.25, 0.3) is 0 Å². The predicted molar refractivity (Wildman–Crippen MR) is 90.2 cm³/mol. The lowest BCUT2D eigenvalue weighted by atomic mass is 10.0. The fourth-order valence-electron chi connectivity index (χ4n) is 2.87. The average molecular weight is 299 g/mol. The van der Waals surface area contributed by atoms with Crippen molar-refractivity contribution in [3.8, 4) is 0 Å². The van der Waals surface area contributed by atoms with Crippen molar-refractivity contribution in [3.05, 3.63) is 48.6 Å². The number of nitrogens with one attached hydrogen (secondary N) is 1. The molecule has 1 heterocycles. The number of allylic oxidation sites excluding steroid dienone is 1. The first-order valence-corrected chi connectivity index (χ1v) is 7.84. The fourth-order valence-corrected chi connectivity index (χ4v) is 2.87. The molecule has 0 spiro atoms. The first-order valence-electron chi connectivity index (χ1n) is 7.84. The number of carbonyl (C=O) groups is 1. The van der Waals surface area contributed by atoms with Crippen LogP contribution in [-0.2, 0) is 4.79 Å². The van der Waals surface area contributed by atoms with Gasteiger partial charge in [-0.25, -0.2) is 0 Å². The summed E-state index contributed by atoms with van der Waals surface area (Å²) in [6.07, 6.45) is 4.02. The van der Waals surface area contributed by atoms with Crippen LogP contribution in [0.3, 0.4) is 0 Å². The molecule has 118 valence electrons. The quantitative estimate of drug-likeness (QED) is 0.787. The Kier molecular flexibility index (Phi) is 5.90. The number of rotatable bonds is 7. The van der Waals surface area contributed by atoms with E-state index < -0.39 is 0 Å². The predicted octanol–water partition coefficient (Wildman–Crippen LogP) is 2.88. The third-order valence-corrected chi connectivity index (χ3v) is 4.26. The molecule has 1 aromatic carbocycles. The van der Waals surface area contributed by atoms with Gasteiger partial charge in [-0.05, 0) is 37.6 Å². The maximum absolute atomic E-state index is 12.4. The van der Waals surface area contributed by atoms with Gasteiger partial charge in [0.25, 0.3) is 0 Å². The third kappa shape index (κ3) is 4.28. The molecule has 1 aliphatic heterocycles. The Morgan fingerprint density at radius 3 is 2.59 bits per heavy atom. The van der Waals surface area contributed by atoms with Crippen LogP contribution in [0.15, 0.2) is 43.0 Å². The topological polar surface area (TPSA) is 47.4 Å². The summed E-state index contributed by atoms with van der Waals surface area (Å²) in [7, 11) is 1.84. The molecule has 4 nitrogen and oxygen atoms in total. The maximum atomic E-state index is 12.4. The van der Waals surface area contributed by atoms with Crippen molar-refractivity contribution in [2.75, 3.05) is 26.7 Å². The fraction of sp³-hybridized carbons (Fsp3) is 0.444. The number of hydrogen-bond donors (Lipinski definition) is 1. The Morgan fingerprint density at radius 1 is 1.36 bits per heavy atom. The van der Waals surface area contributed by atoms with Crippen molar-refractivity contribution in [3.63, 3.8) is 0 Å². The van der Waals surface area contributed by atoms with Crippen LogP contribution in [0.2, 0.25) is 0 Å². The zero-order valence-electron chi connectivity index (χ0n) is 13.3. The van der Waals surface area contributed by atoms with E-state index >= 15 is 0 Å². The highest BCUT2D eigenvalue weighted by atomic mass is 16.2. The molecule has 0 radical (unpaired) electrons. The molecule has 22 heavy (non-hydrogen) atoms. The largest absolute Gasteiger partial charge is 0.337 e. The van der Waals surface area contributed by atoms with Crippen molar-refractivity contribution < 1.29 is 4.79 Å². The lowest BCUT2D eigenvalue weighted by Gasteiger charge is -2.32. The smallest absolute Gasteiger partial charge is 0.228 e. The molecule has 1 aliphatic rings. The van der Waals surface area contributed by atoms with Gasteiger partial charge in [0.2, 0.25) is 5.91 Å². The van der Waals surface area contributed by atoms with E-state index in [9.17, 15) is 4.79 Å². The van der Waals surface area contributed by atoms with E-state index in [4.69, 9.17) is 5.41 Å². The van der Waals surface area contributed by atoms with Crippen molar-refractivity contribution in [2.45, 2.75) is 25.3 Å². The Labute approximate surface area is 132 Å². The minimum Gasteiger partial charge on any atom is -0.337 e. The minimum atomic E-state index is -0.0297. The van der Waals surface area contributed by atoms with Gasteiger partial charge in [-0.2, -0.15) is 0 Å². The molecule has 0 bridgehead atoms. The van der Waals surface area contributed by atoms with E-state index in [2.05, 4.69) is 23.6 Å². The van der Waals surface area contributed by atoms with Gasteiger partial charge >= 0.3 is 0 Å². The highest BCUT2D eigenvalue weighted by Crippen LogP contribution is 2.23. The van der Waals surface area contributed by atoms with Gasteiger partial charge in [-0.1, -0.05) is 36.9 Å². The van der Waals surface area contributed by atoms with Crippen LogP contribution in [0.1, 0.15) is 30.9 Å². The van der Waals surface area contributed by atoms with Crippen molar-refractivity contribution >= 4 is 11.6 Å². The van der Waals surface area contributed by atoms with Gasteiger partial charge in [0.05, 0.1) is 12.5 Å². The molecular formula is C18H25N3O. The summed E-state index contributed by atoms with van der Waals surface area (Å²) in [5, 5.41) is 7.65. The third-order valence-electron chi connectivity index (χ3n) is 4.26. The van der Waals surface area contributed by atoms with Crippen LogP contribution in [0, 0.1) is 5.41 Å². The molecule has 0 saturated carbocycles. The van der Waals surface area contributed by atoms with Crippen LogP contribution in [0.4, 0.5) is 0 Å². The van der Waals surface area contributed by atoms with Gasteiger partial charge in [0.1, 0.15) is 0 Å². The Bertz CT molecular complexity index is 520. The molecule has 1 fully saturated rings. The van der Waals surface area contributed by atoms with Gasteiger partial charge in [0.15, 0.2) is 0 Å². The second kappa shape index (κ2) is 7.90. The molecule has 1 aromatic rings. The second-order valence-corrected chi connectivity index (χ2v) is 5.84. The molecule has 0 aliphatic carbocycles. The van der Waals surface area contributed by atoms with Crippen LogP contribution in [0.5, 0.6) is 0 Å². The lowest BCUT2D eigenvalue weighted by Crippen LogP contribution is -2.39. The number of benzene rings is 1. The van der Waals surface area contributed by atoms with E-state index in [1.807, 2.05) is 25.2 Å². The maximum Gasteiger partial charge on any atom is 0.228 e. The highest BCUT2D eigenvalue weighted by molar-refractivity contribution is 6.05. The lowest BCUT2D eigenvalue weighted by molar-refractivity contribution is -0.131. The summed E-state index contributed by atoms with van der Waals surface area (Å²) in [5.41, 5.74) is 1.42. The van der Waals surface area contributed by atoms with E-state index in [1.165, 1.54) is 18.9 Å². The number of likely N-dealkylation sites (N-methyl/N-ethyl adjacent to an activating group) is 1. The van der Waals surface area contributed by atoms with Gasteiger partial charge in [0, 0.05) is 19.3 Å². The van der Waals surface area contributed by atoms with E-state index in [0.29, 0.717) is 0 Å². The van der Waals surface area contributed by atoms with E-state index in [0.717, 1.165) is 25.2 Å². The standard InChI is InChI=1S/C18H25N3O/c1-3-16(19)13-18(22)20(2)17(14-21-11-7-8-12-21)15-9-5-4-6-10-15/h3-6,9-10,17,19H,1,7-8,11-14H2,2H3. The number of carbonyl (C=O) groups excluding carboxylic acids is 1. The molecule has 1 N–H and O–H groups in total. The first kappa shape index (κ1) is 16.4. The summed E-state index contributed by atoms with van der Waals surface area (Å²) in [6, 6.07) is 10.2. The summed E-state index contributed by atoms with van der Waals surface area (Å²) >= 11 is 0. The number of amides is 1. The SMILES string of the molecule is C=CC(=N)CC(=O)N(C)C(CN1CCCC1)c1ccccc1. The van der Waals surface area contributed by atoms with Crippen LogP contribution >= 0.6 is 0 Å². The monoisotopic (exact) mass is 299 g/mol. The first-order chi connectivity index (χ1) is 10.6. The molecule has 0 aromatic heterocycles. The molecule has 1 unspecified atom stereocenters. The van der Waals surface area contributed by atoms with Crippen molar-refractivity contribution in [2.24, 2.45) is 0 Å². The van der Waals surface area contributed by atoms with Crippen molar-refractivity contribution in [1.82, 2.24) is 9.80 Å². The Morgan fingerprint density at radius 2 is 2.00 bits per heavy atom. The van der Waals surface area contributed by atoms with Gasteiger partial charge in [-0.3, -0.25) is 4.79 Å². The van der Waals surface area contributed by atoms with E-state index in [1.54, 1.807) is 4.90 Å². The Hall–Kier alpha value is -1.94. The molecular weight excluding hydrogens is 274 g/mol. The zero-order chi connectivity index (χ0) is 15.9. The zero-order valence-corrected chi connectivity index (χ0v) is 13.3. The second-order valence-electron chi connectivity index (χ2n) is 5.84. The van der Waals surface area contributed by atoms with E-state index in [-0.39, 0.29) is 24.1 Å². The average Bonchev–Trinajstić information content (AvgIpc) is 3.05. The van der Waals surface area contributed by atoms with Gasteiger partial charge < -0.3 is 15.2 Å². The molecule has 4 heteroatoms. The molecule has 1 amide bonds. The number of likely N-dealkylation sites (tertiary alicyclic amines) is 1. The number of nitrogens with zero attached hydrogens (tertiary/aromatic N) is 2. The number of hydrogen-bond acceptors (Lipinski definition) is 3. The van der Waals surface area contributed by atoms with Crippen LogP contribution < -0.4 is 0 Å². The summed E-state index contributed by atoms with van der Waals surface area (Å²) in [4.78, 5) is 16.6. The molecule has 1 saturated heterocycles. The summed E-state index contributed by atoms with van der Waals surface area (Å²) < 4.78 is 0. The van der Waals surface area contributed by atoms with Crippen molar-refractivity contribution in [1.29, 1.82) is 5.41 Å². The summed E-state index contributed by atoms with van der Waals surface area (Å²) in [5.74, 6) is -0.0297. The Balaban J connectivity index is 2.13. The highest BCUT2D eigenvalue weighted by Gasteiger charge is 2.25. The van der Waals surface area contributed by atoms with Crippen LogP contribution in [-0.4, -0.2) is 48.1 Å². The summed E-state index contributed by atoms with van der Waals surface area (Å²) in [6.45, 7) is 6.62.